The molecule has 1 aromatic carbocycles. The molecule has 1 amide bonds. The molecule has 186 valence electrons. The molecule has 1 atom stereocenters. The third kappa shape index (κ3) is 5.14. The van der Waals surface area contributed by atoms with Crippen LogP contribution >= 0.6 is 0 Å². The molecule has 3 heterocycles. The van der Waals surface area contributed by atoms with E-state index in [9.17, 15) is 14.7 Å². The fourth-order valence-electron chi connectivity index (χ4n) is 6.04. The molecule has 7 nitrogen and oxygen atoms in total. The second kappa shape index (κ2) is 10.3. The van der Waals surface area contributed by atoms with Crippen LogP contribution in [0.15, 0.2) is 48.7 Å². The average Bonchev–Trinajstić information content (AvgIpc) is 2.91. The number of aromatic nitrogens is 1. The zero-order valence-corrected chi connectivity index (χ0v) is 20.4. The van der Waals surface area contributed by atoms with E-state index in [1.165, 1.54) is 12.1 Å². The summed E-state index contributed by atoms with van der Waals surface area (Å²) in [5.41, 5.74) is 1.88. The lowest BCUT2D eigenvalue weighted by Gasteiger charge is -2.52. The Morgan fingerprint density at radius 2 is 1.83 bits per heavy atom. The number of anilines is 2. The first-order valence-corrected chi connectivity index (χ1v) is 13.1. The van der Waals surface area contributed by atoms with Gasteiger partial charge in [-0.05, 0) is 61.4 Å². The molecular formula is C28H36N4O3. The number of nitrogens with one attached hydrogen (secondary N) is 1. The van der Waals surface area contributed by atoms with Gasteiger partial charge in [0.2, 0.25) is 5.91 Å². The molecule has 1 unspecified atom stereocenters. The Hall–Kier alpha value is -3.09. The predicted octanol–water partition coefficient (Wildman–Crippen LogP) is 4.20. The molecule has 1 spiro atoms. The predicted molar refractivity (Wildman–Crippen MR) is 136 cm³/mol. The molecule has 1 aromatic heterocycles. The van der Waals surface area contributed by atoms with Gasteiger partial charge >= 0.3 is 5.97 Å². The van der Waals surface area contributed by atoms with Gasteiger partial charge in [-0.15, -0.1) is 0 Å². The summed E-state index contributed by atoms with van der Waals surface area (Å²) >= 11 is 0. The minimum Gasteiger partial charge on any atom is -0.480 e. The van der Waals surface area contributed by atoms with Crippen LogP contribution in [0.5, 0.6) is 0 Å². The Balaban J connectivity index is 1.12. The molecule has 7 heteroatoms. The van der Waals surface area contributed by atoms with Crippen LogP contribution in [0.1, 0.15) is 50.5 Å². The van der Waals surface area contributed by atoms with E-state index < -0.39 is 12.0 Å². The number of carbonyl (C=O) groups is 2. The quantitative estimate of drug-likeness (QED) is 0.556. The smallest absolute Gasteiger partial charge is 0.326 e. The van der Waals surface area contributed by atoms with E-state index >= 15 is 0 Å². The fourth-order valence-corrected chi connectivity index (χ4v) is 6.04. The van der Waals surface area contributed by atoms with Crippen LogP contribution < -0.4 is 10.2 Å². The number of carboxylic acids is 1. The van der Waals surface area contributed by atoms with Crippen molar-refractivity contribution in [3.8, 4) is 0 Å². The highest BCUT2D eigenvalue weighted by molar-refractivity contribution is 5.93. The molecule has 5 rings (SSSR count). The van der Waals surface area contributed by atoms with E-state index in [1.807, 2.05) is 36.5 Å². The number of benzene rings is 1. The van der Waals surface area contributed by atoms with Gasteiger partial charge < -0.3 is 20.2 Å². The molecule has 35 heavy (non-hydrogen) atoms. The van der Waals surface area contributed by atoms with Gasteiger partial charge in [0.25, 0.3) is 0 Å². The highest BCUT2D eigenvalue weighted by Crippen LogP contribution is 2.46. The number of β-lactam (4-membered cyclic amide) rings is 1. The Bertz CT molecular complexity index is 1010. The lowest BCUT2D eigenvalue weighted by Crippen LogP contribution is -2.66. The first kappa shape index (κ1) is 23.6. The molecule has 2 aliphatic heterocycles. The number of carbonyl (C=O) groups excluding carboxylic acids is 1. The Kier molecular flexibility index (Phi) is 6.93. The highest BCUT2D eigenvalue weighted by atomic mass is 16.4. The van der Waals surface area contributed by atoms with Gasteiger partial charge in [0.15, 0.2) is 0 Å². The first-order chi connectivity index (χ1) is 17.0. The maximum absolute atomic E-state index is 12.9. The lowest BCUT2D eigenvalue weighted by atomic mass is 9.67. The van der Waals surface area contributed by atoms with Crippen molar-refractivity contribution < 1.29 is 14.7 Å². The number of piperidine rings is 1. The minimum absolute atomic E-state index is 0.0571. The number of pyridine rings is 1. The van der Waals surface area contributed by atoms with Crippen molar-refractivity contribution in [2.24, 2.45) is 11.3 Å². The van der Waals surface area contributed by atoms with Gasteiger partial charge in [-0.3, -0.25) is 4.79 Å². The third-order valence-corrected chi connectivity index (χ3v) is 8.24. The van der Waals surface area contributed by atoms with Crippen molar-refractivity contribution in [3.63, 3.8) is 0 Å². The molecule has 0 radical (unpaired) electrons. The van der Waals surface area contributed by atoms with Crippen molar-refractivity contribution >= 4 is 23.4 Å². The normalized spacial score (nSPS) is 21.0. The maximum atomic E-state index is 12.9. The Morgan fingerprint density at radius 3 is 2.46 bits per heavy atom. The van der Waals surface area contributed by atoms with E-state index in [0.717, 1.165) is 69.5 Å². The number of rotatable bonds is 8. The third-order valence-electron chi connectivity index (χ3n) is 8.24. The highest BCUT2D eigenvalue weighted by Gasteiger charge is 2.55. The number of aliphatic carboxylic acids is 1. The molecule has 2 N–H and O–H groups in total. The molecule has 1 saturated carbocycles. The van der Waals surface area contributed by atoms with Gasteiger partial charge in [0.05, 0.1) is 5.41 Å². The number of amides is 1. The van der Waals surface area contributed by atoms with Crippen molar-refractivity contribution in [2.75, 3.05) is 36.4 Å². The van der Waals surface area contributed by atoms with Gasteiger partial charge in [0.1, 0.15) is 11.9 Å². The zero-order chi connectivity index (χ0) is 24.3. The molecule has 1 aliphatic carbocycles. The van der Waals surface area contributed by atoms with E-state index in [4.69, 9.17) is 0 Å². The second-order valence-electron chi connectivity index (χ2n) is 10.5. The van der Waals surface area contributed by atoms with Crippen LogP contribution in [0.4, 0.5) is 11.5 Å². The van der Waals surface area contributed by atoms with Crippen LogP contribution in [0.25, 0.3) is 0 Å². The van der Waals surface area contributed by atoms with E-state index in [-0.39, 0.29) is 11.3 Å². The molecule has 0 bridgehead atoms. The van der Waals surface area contributed by atoms with Crippen LogP contribution in [0, 0.1) is 11.3 Å². The molecule has 2 saturated heterocycles. The van der Waals surface area contributed by atoms with Gasteiger partial charge in [-0.25, -0.2) is 9.78 Å². The molecule has 3 fully saturated rings. The van der Waals surface area contributed by atoms with E-state index in [2.05, 4.69) is 27.3 Å². The standard InChI is InChI=1S/C28H36N4O3/c33-26(34)24(32-20-28(27(32)35)13-3-1-4-14-28)18-21-7-9-23(10-8-21)31-16-11-22(12-17-31)19-30-25-6-2-5-15-29-25/h2,5-10,15,22,24H,1,3-4,11-14,16-20H2,(H,29,30)(H,33,34). The van der Waals surface area contributed by atoms with E-state index in [1.54, 1.807) is 4.90 Å². The minimum atomic E-state index is -0.908. The van der Waals surface area contributed by atoms with Gasteiger partial charge in [-0.2, -0.15) is 0 Å². The van der Waals surface area contributed by atoms with Gasteiger partial charge in [0, 0.05) is 44.5 Å². The monoisotopic (exact) mass is 476 g/mol. The number of nitrogens with zero attached hydrogens (tertiary/aromatic N) is 3. The summed E-state index contributed by atoms with van der Waals surface area (Å²) in [5, 5.41) is 13.3. The number of carboxylic acid groups (broad SMARTS) is 1. The van der Waals surface area contributed by atoms with Crippen molar-refractivity contribution in [1.82, 2.24) is 9.88 Å². The fraction of sp³-hybridized carbons (Fsp3) is 0.536. The van der Waals surface area contributed by atoms with Crippen LogP contribution in [-0.2, 0) is 16.0 Å². The molecular weight excluding hydrogens is 440 g/mol. The SMILES string of the molecule is O=C(O)C(Cc1ccc(N2CCC(CNc3ccccn3)CC2)cc1)N1CC2(CCCCC2)C1=O. The zero-order valence-electron chi connectivity index (χ0n) is 20.4. The summed E-state index contributed by atoms with van der Waals surface area (Å²) in [5.74, 6) is 0.709. The van der Waals surface area contributed by atoms with Crippen LogP contribution in [-0.4, -0.2) is 59.1 Å². The van der Waals surface area contributed by atoms with Crippen molar-refractivity contribution in [2.45, 2.75) is 57.4 Å². The summed E-state index contributed by atoms with van der Waals surface area (Å²) in [6.07, 6.45) is 9.60. The molecule has 2 aromatic rings. The number of hydrogen-bond acceptors (Lipinski definition) is 5. The van der Waals surface area contributed by atoms with Crippen molar-refractivity contribution in [3.05, 3.63) is 54.2 Å². The summed E-state index contributed by atoms with van der Waals surface area (Å²) in [4.78, 5) is 33.3. The topological polar surface area (TPSA) is 85.8 Å². The summed E-state index contributed by atoms with van der Waals surface area (Å²) in [7, 11) is 0. The van der Waals surface area contributed by atoms with E-state index in [0.29, 0.717) is 18.9 Å². The summed E-state index contributed by atoms with van der Waals surface area (Å²) < 4.78 is 0. The largest absolute Gasteiger partial charge is 0.480 e. The Morgan fingerprint density at radius 1 is 1.09 bits per heavy atom. The molecule has 3 aliphatic rings. The van der Waals surface area contributed by atoms with Crippen LogP contribution in [0.2, 0.25) is 0 Å². The number of likely N-dealkylation sites (tertiary alicyclic amines) is 1. The summed E-state index contributed by atoms with van der Waals surface area (Å²) in [6.45, 7) is 3.56. The average molecular weight is 477 g/mol. The second-order valence-corrected chi connectivity index (χ2v) is 10.5. The number of hydrogen-bond donors (Lipinski definition) is 2. The van der Waals surface area contributed by atoms with Crippen molar-refractivity contribution in [1.29, 1.82) is 0 Å². The first-order valence-electron chi connectivity index (χ1n) is 13.1. The lowest BCUT2D eigenvalue weighted by molar-refractivity contribution is -0.175. The maximum Gasteiger partial charge on any atom is 0.326 e. The summed E-state index contributed by atoms with van der Waals surface area (Å²) in [6, 6.07) is 13.4. The Labute approximate surface area is 207 Å². The van der Waals surface area contributed by atoms with Crippen LogP contribution in [0.3, 0.4) is 0 Å². The van der Waals surface area contributed by atoms with Gasteiger partial charge in [-0.1, -0.05) is 37.5 Å².